The van der Waals surface area contributed by atoms with E-state index in [2.05, 4.69) is 9.46 Å². The molecular formula is C11H21NO6S. The third-order valence-electron chi connectivity index (χ3n) is 3.28. The predicted molar refractivity (Wildman–Crippen MR) is 68.0 cm³/mol. The minimum absolute atomic E-state index is 0.0567. The van der Waals surface area contributed by atoms with E-state index in [1.54, 1.807) is 6.92 Å². The molecule has 2 unspecified atom stereocenters. The van der Waals surface area contributed by atoms with Gasteiger partial charge in [0.15, 0.2) is 0 Å². The first kappa shape index (κ1) is 16.4. The first-order valence-electron chi connectivity index (χ1n) is 6.17. The van der Waals surface area contributed by atoms with Crippen LogP contribution in [0.25, 0.3) is 0 Å². The maximum absolute atomic E-state index is 11.7. The molecule has 112 valence electrons. The molecule has 1 saturated heterocycles. The van der Waals surface area contributed by atoms with E-state index in [0.717, 1.165) is 0 Å². The van der Waals surface area contributed by atoms with Gasteiger partial charge in [0.05, 0.1) is 19.0 Å². The van der Waals surface area contributed by atoms with Crippen LogP contribution < -0.4 is 4.72 Å². The number of esters is 1. The highest BCUT2D eigenvalue weighted by Gasteiger charge is 2.40. The molecule has 1 fully saturated rings. The third kappa shape index (κ3) is 5.06. The van der Waals surface area contributed by atoms with Gasteiger partial charge in [0.1, 0.15) is 5.60 Å². The molecule has 2 atom stereocenters. The van der Waals surface area contributed by atoms with Gasteiger partial charge in [0.25, 0.3) is 0 Å². The molecule has 1 heterocycles. The molecule has 0 spiro atoms. The van der Waals surface area contributed by atoms with E-state index >= 15 is 0 Å². The van der Waals surface area contributed by atoms with Crippen LogP contribution in [0.5, 0.6) is 0 Å². The van der Waals surface area contributed by atoms with Crippen molar-refractivity contribution in [3.63, 3.8) is 0 Å². The molecule has 8 heteroatoms. The molecule has 1 aliphatic rings. The molecule has 1 rings (SSSR count). The number of hydrogen-bond acceptors (Lipinski definition) is 6. The first-order valence-corrected chi connectivity index (χ1v) is 7.82. The van der Waals surface area contributed by atoms with Gasteiger partial charge in [-0.2, -0.15) is 0 Å². The Bertz CT molecular complexity index is 409. The number of rotatable bonds is 7. The van der Waals surface area contributed by atoms with Gasteiger partial charge in [-0.05, 0) is 13.3 Å². The molecule has 0 bridgehead atoms. The van der Waals surface area contributed by atoms with Crippen molar-refractivity contribution in [1.82, 2.24) is 4.72 Å². The molecule has 0 aromatic carbocycles. The largest absolute Gasteiger partial charge is 0.469 e. The number of carbonyl (C=O) groups is 1. The van der Waals surface area contributed by atoms with Gasteiger partial charge in [-0.25, -0.2) is 13.1 Å². The Hall–Kier alpha value is -0.700. The van der Waals surface area contributed by atoms with Crippen molar-refractivity contribution < 1.29 is 27.8 Å². The average molecular weight is 295 g/mol. The fraction of sp³-hybridized carbons (Fsp3) is 0.909. The highest BCUT2D eigenvalue weighted by Crippen LogP contribution is 2.24. The Balaban J connectivity index is 2.36. The average Bonchev–Trinajstić information content (AvgIpc) is 2.68. The van der Waals surface area contributed by atoms with Crippen molar-refractivity contribution in [2.75, 3.05) is 26.0 Å². The highest BCUT2D eigenvalue weighted by molar-refractivity contribution is 7.89. The summed E-state index contributed by atoms with van der Waals surface area (Å²) in [5.74, 6) is -0.611. The zero-order valence-corrected chi connectivity index (χ0v) is 12.0. The number of carbonyl (C=O) groups excluding carboxylic acids is 1. The highest BCUT2D eigenvalue weighted by atomic mass is 32.2. The summed E-state index contributed by atoms with van der Waals surface area (Å²) in [6.07, 6.45) is 0.247. The second-order valence-electron chi connectivity index (χ2n) is 4.69. The van der Waals surface area contributed by atoms with Gasteiger partial charge in [0, 0.05) is 26.0 Å². The van der Waals surface area contributed by atoms with Gasteiger partial charge in [-0.15, -0.1) is 0 Å². The minimum atomic E-state index is -3.51. The third-order valence-corrected chi connectivity index (χ3v) is 4.69. The minimum Gasteiger partial charge on any atom is -0.469 e. The lowest BCUT2D eigenvalue weighted by Gasteiger charge is -2.26. The molecule has 7 nitrogen and oxygen atoms in total. The summed E-state index contributed by atoms with van der Waals surface area (Å²) in [4.78, 5) is 10.9. The van der Waals surface area contributed by atoms with E-state index in [0.29, 0.717) is 13.0 Å². The van der Waals surface area contributed by atoms with Crippen LogP contribution in [-0.4, -0.2) is 57.2 Å². The first-order chi connectivity index (χ1) is 8.79. The Morgan fingerprint density at radius 3 is 2.79 bits per heavy atom. The van der Waals surface area contributed by atoms with E-state index in [4.69, 9.17) is 4.74 Å². The number of methoxy groups -OCH3 is 1. The summed E-state index contributed by atoms with van der Waals surface area (Å²) in [5, 5.41) is 10.1. The molecule has 0 radical (unpaired) electrons. The summed E-state index contributed by atoms with van der Waals surface area (Å²) < 4.78 is 35.4. The number of aliphatic hydroxyl groups is 1. The van der Waals surface area contributed by atoms with E-state index in [9.17, 15) is 18.3 Å². The lowest BCUT2D eigenvalue weighted by molar-refractivity contribution is -0.140. The van der Waals surface area contributed by atoms with Crippen LogP contribution in [-0.2, 0) is 24.3 Å². The second-order valence-corrected chi connectivity index (χ2v) is 6.61. The van der Waals surface area contributed by atoms with Crippen molar-refractivity contribution >= 4 is 16.0 Å². The van der Waals surface area contributed by atoms with Crippen molar-refractivity contribution in [2.45, 2.75) is 37.9 Å². The molecule has 0 amide bonds. The van der Waals surface area contributed by atoms with E-state index in [-0.39, 0.29) is 25.1 Å². The molecule has 0 aliphatic carbocycles. The smallest absolute Gasteiger partial charge is 0.305 e. The van der Waals surface area contributed by atoms with Crippen LogP contribution >= 0.6 is 0 Å². The predicted octanol–water partition coefficient (Wildman–Crippen LogP) is -0.601. The molecule has 0 aromatic heterocycles. The lowest BCUT2D eigenvalue weighted by atomic mass is 9.97. The fourth-order valence-electron chi connectivity index (χ4n) is 1.82. The maximum Gasteiger partial charge on any atom is 0.305 e. The number of ether oxygens (including phenoxy) is 2. The summed E-state index contributed by atoms with van der Waals surface area (Å²) in [7, 11) is -2.25. The fourth-order valence-corrected chi connectivity index (χ4v) is 2.96. The summed E-state index contributed by atoms with van der Waals surface area (Å²) in [5.41, 5.74) is -1.16. The zero-order chi connectivity index (χ0) is 14.5. The monoisotopic (exact) mass is 295 g/mol. The molecule has 1 aliphatic heterocycles. The van der Waals surface area contributed by atoms with Gasteiger partial charge in [-0.3, -0.25) is 4.79 Å². The summed E-state index contributed by atoms with van der Waals surface area (Å²) >= 11 is 0. The Morgan fingerprint density at radius 1 is 1.58 bits per heavy atom. The van der Waals surface area contributed by atoms with Crippen LogP contribution in [0.3, 0.4) is 0 Å². The Kier molecular flexibility index (Phi) is 5.72. The van der Waals surface area contributed by atoms with Crippen molar-refractivity contribution in [2.24, 2.45) is 0 Å². The van der Waals surface area contributed by atoms with E-state index in [1.165, 1.54) is 7.11 Å². The van der Waals surface area contributed by atoms with Gasteiger partial charge in [0.2, 0.25) is 10.0 Å². The normalized spacial score (nSPS) is 27.4. The van der Waals surface area contributed by atoms with Crippen LogP contribution in [0.1, 0.15) is 26.2 Å². The topological polar surface area (TPSA) is 102 Å². The zero-order valence-electron chi connectivity index (χ0n) is 11.2. The van der Waals surface area contributed by atoms with Gasteiger partial charge in [-0.1, -0.05) is 0 Å². The SMILES string of the molecule is COC(=O)CCCS(=O)(=O)NCC1(O)CCOC1C. The van der Waals surface area contributed by atoms with Crippen LogP contribution in [0.15, 0.2) is 0 Å². The molecule has 19 heavy (non-hydrogen) atoms. The van der Waals surface area contributed by atoms with Crippen LogP contribution in [0.4, 0.5) is 0 Å². The summed E-state index contributed by atoms with van der Waals surface area (Å²) in [6.45, 7) is 2.05. The Morgan fingerprint density at radius 2 is 2.26 bits per heavy atom. The van der Waals surface area contributed by atoms with Crippen molar-refractivity contribution in [3.05, 3.63) is 0 Å². The van der Waals surface area contributed by atoms with Gasteiger partial charge >= 0.3 is 5.97 Å². The van der Waals surface area contributed by atoms with Crippen LogP contribution in [0.2, 0.25) is 0 Å². The number of hydrogen-bond donors (Lipinski definition) is 2. The van der Waals surface area contributed by atoms with E-state index in [1.807, 2.05) is 0 Å². The standard InChI is InChI=1S/C11H21NO6S/c1-9-11(14,5-6-18-9)8-12-19(15,16)7-3-4-10(13)17-2/h9,12,14H,3-8H2,1-2H3. The molecule has 2 N–H and O–H groups in total. The second kappa shape index (κ2) is 6.65. The van der Waals surface area contributed by atoms with Crippen LogP contribution in [0, 0.1) is 0 Å². The quantitative estimate of drug-likeness (QED) is 0.608. The van der Waals surface area contributed by atoms with Gasteiger partial charge < -0.3 is 14.6 Å². The molecular weight excluding hydrogens is 274 g/mol. The van der Waals surface area contributed by atoms with Crippen molar-refractivity contribution in [1.29, 1.82) is 0 Å². The van der Waals surface area contributed by atoms with E-state index < -0.39 is 27.7 Å². The van der Waals surface area contributed by atoms with Crippen molar-refractivity contribution in [3.8, 4) is 0 Å². The molecule has 0 saturated carbocycles. The number of nitrogens with one attached hydrogen (secondary N) is 1. The number of sulfonamides is 1. The molecule has 0 aromatic rings. The summed E-state index contributed by atoms with van der Waals surface area (Å²) in [6, 6.07) is 0. The lowest BCUT2D eigenvalue weighted by Crippen LogP contribution is -2.47. The Labute approximate surface area is 113 Å². The maximum atomic E-state index is 11.7.